The van der Waals surface area contributed by atoms with E-state index in [0.29, 0.717) is 19.6 Å². The van der Waals surface area contributed by atoms with Gasteiger partial charge in [0.1, 0.15) is 0 Å². The highest BCUT2D eigenvalue weighted by molar-refractivity contribution is 5.78. The van der Waals surface area contributed by atoms with Crippen LogP contribution in [0.1, 0.15) is 19.8 Å². The van der Waals surface area contributed by atoms with Crippen LogP contribution in [-0.4, -0.2) is 49.7 Å². The number of likely N-dealkylation sites (tertiary alicyclic amines) is 1. The molecule has 1 atom stereocenters. The fourth-order valence-electron chi connectivity index (χ4n) is 1.94. The zero-order valence-corrected chi connectivity index (χ0v) is 10.1. The van der Waals surface area contributed by atoms with Gasteiger partial charge >= 0.3 is 0 Å². The molecule has 1 aliphatic rings. The summed E-state index contributed by atoms with van der Waals surface area (Å²) in [5.41, 5.74) is -0.194. The second kappa shape index (κ2) is 5.88. The molecule has 1 aliphatic heterocycles. The van der Waals surface area contributed by atoms with E-state index in [0.717, 1.165) is 19.4 Å². The van der Waals surface area contributed by atoms with Crippen molar-refractivity contribution in [1.82, 2.24) is 10.2 Å². The summed E-state index contributed by atoms with van der Waals surface area (Å²) in [5.74, 6) is 2.54. The number of rotatable bonds is 4. The molecule has 0 bridgehead atoms. The van der Waals surface area contributed by atoms with Gasteiger partial charge in [0, 0.05) is 20.2 Å². The quantitative estimate of drug-likeness (QED) is 0.549. The van der Waals surface area contributed by atoms with E-state index >= 15 is 0 Å². The van der Waals surface area contributed by atoms with E-state index in [9.17, 15) is 4.79 Å². The zero-order chi connectivity index (χ0) is 12.0. The molecule has 1 N–H and O–H groups in total. The van der Waals surface area contributed by atoms with Gasteiger partial charge in [0.05, 0.1) is 18.7 Å². The SMILES string of the molecule is C#CCNCC(=O)N1CCCC(C)(OC)C1. The molecule has 1 unspecified atom stereocenters. The molecule has 0 aromatic carbocycles. The summed E-state index contributed by atoms with van der Waals surface area (Å²) in [6.45, 7) is 4.27. The highest BCUT2D eigenvalue weighted by Gasteiger charge is 2.32. The lowest BCUT2D eigenvalue weighted by atomic mass is 9.95. The summed E-state index contributed by atoms with van der Waals surface area (Å²) in [5, 5.41) is 2.91. The van der Waals surface area contributed by atoms with E-state index in [-0.39, 0.29) is 11.5 Å². The van der Waals surface area contributed by atoms with Crippen LogP contribution in [0.25, 0.3) is 0 Å². The van der Waals surface area contributed by atoms with E-state index in [2.05, 4.69) is 11.2 Å². The Balaban J connectivity index is 2.41. The van der Waals surface area contributed by atoms with Crippen molar-refractivity contribution in [3.63, 3.8) is 0 Å². The number of hydrogen-bond acceptors (Lipinski definition) is 3. The average molecular weight is 224 g/mol. The standard InChI is InChI=1S/C12H20N2O2/c1-4-7-13-9-11(15)14-8-5-6-12(2,10-14)16-3/h1,13H,5-10H2,2-3H3. The van der Waals surface area contributed by atoms with Crippen molar-refractivity contribution in [2.75, 3.05) is 33.3 Å². The first-order valence-corrected chi connectivity index (χ1v) is 5.58. The summed E-state index contributed by atoms with van der Waals surface area (Å²) < 4.78 is 5.44. The average Bonchev–Trinajstić information content (AvgIpc) is 2.29. The summed E-state index contributed by atoms with van der Waals surface area (Å²) in [7, 11) is 1.70. The van der Waals surface area contributed by atoms with E-state index in [4.69, 9.17) is 11.2 Å². The molecule has 0 aromatic rings. The molecule has 0 spiro atoms. The van der Waals surface area contributed by atoms with Crippen molar-refractivity contribution in [2.45, 2.75) is 25.4 Å². The number of amides is 1. The number of carbonyl (C=O) groups is 1. The van der Waals surface area contributed by atoms with Gasteiger partial charge < -0.3 is 9.64 Å². The van der Waals surface area contributed by atoms with Crippen LogP contribution < -0.4 is 5.32 Å². The molecule has 1 fully saturated rings. The fourth-order valence-corrected chi connectivity index (χ4v) is 1.94. The Morgan fingerprint density at radius 1 is 1.69 bits per heavy atom. The second-order valence-corrected chi connectivity index (χ2v) is 4.38. The lowest BCUT2D eigenvalue weighted by Crippen LogP contribution is -2.51. The van der Waals surface area contributed by atoms with Crippen molar-refractivity contribution in [2.24, 2.45) is 0 Å². The largest absolute Gasteiger partial charge is 0.377 e. The van der Waals surface area contributed by atoms with E-state index in [1.807, 2.05) is 11.8 Å². The van der Waals surface area contributed by atoms with Gasteiger partial charge in [0.15, 0.2) is 0 Å². The molecule has 16 heavy (non-hydrogen) atoms. The molecule has 0 aromatic heterocycles. The normalized spacial score (nSPS) is 25.2. The van der Waals surface area contributed by atoms with Gasteiger partial charge in [-0.15, -0.1) is 6.42 Å². The van der Waals surface area contributed by atoms with Crippen molar-refractivity contribution >= 4 is 5.91 Å². The van der Waals surface area contributed by atoms with Crippen LogP contribution in [0, 0.1) is 12.3 Å². The predicted octanol–water partition coefficient (Wildman–Crippen LogP) is 0.237. The van der Waals surface area contributed by atoms with E-state index in [1.165, 1.54) is 0 Å². The first kappa shape index (κ1) is 13.0. The Morgan fingerprint density at radius 2 is 2.44 bits per heavy atom. The number of nitrogens with one attached hydrogen (secondary N) is 1. The third kappa shape index (κ3) is 3.51. The van der Waals surface area contributed by atoms with E-state index in [1.54, 1.807) is 7.11 Å². The molecule has 90 valence electrons. The minimum Gasteiger partial charge on any atom is -0.377 e. The Kier molecular flexibility index (Phi) is 4.78. The number of hydrogen-bond donors (Lipinski definition) is 1. The number of methoxy groups -OCH3 is 1. The van der Waals surface area contributed by atoms with Crippen LogP contribution in [0.3, 0.4) is 0 Å². The Hall–Kier alpha value is -1.05. The topological polar surface area (TPSA) is 41.6 Å². The maximum absolute atomic E-state index is 11.8. The Morgan fingerprint density at radius 3 is 3.06 bits per heavy atom. The summed E-state index contributed by atoms with van der Waals surface area (Å²) in [6.07, 6.45) is 7.10. The summed E-state index contributed by atoms with van der Waals surface area (Å²) in [6, 6.07) is 0. The third-order valence-electron chi connectivity index (χ3n) is 3.01. The first-order chi connectivity index (χ1) is 7.61. The van der Waals surface area contributed by atoms with E-state index < -0.39 is 0 Å². The lowest BCUT2D eigenvalue weighted by Gasteiger charge is -2.39. The van der Waals surface area contributed by atoms with Gasteiger partial charge in [-0.2, -0.15) is 0 Å². The van der Waals surface area contributed by atoms with Crippen molar-refractivity contribution < 1.29 is 9.53 Å². The molecule has 0 radical (unpaired) electrons. The third-order valence-corrected chi connectivity index (χ3v) is 3.01. The molecular weight excluding hydrogens is 204 g/mol. The maximum Gasteiger partial charge on any atom is 0.236 e. The second-order valence-electron chi connectivity index (χ2n) is 4.38. The van der Waals surface area contributed by atoms with Crippen LogP contribution in [0.15, 0.2) is 0 Å². The smallest absolute Gasteiger partial charge is 0.236 e. The van der Waals surface area contributed by atoms with Gasteiger partial charge in [-0.1, -0.05) is 5.92 Å². The van der Waals surface area contributed by atoms with Crippen molar-refractivity contribution in [1.29, 1.82) is 0 Å². The number of piperidine rings is 1. The minimum absolute atomic E-state index is 0.0956. The molecule has 0 aliphatic carbocycles. The van der Waals surface area contributed by atoms with Crippen LogP contribution in [0.2, 0.25) is 0 Å². The number of carbonyl (C=O) groups excluding carboxylic acids is 1. The summed E-state index contributed by atoms with van der Waals surface area (Å²) >= 11 is 0. The van der Waals surface area contributed by atoms with Crippen molar-refractivity contribution in [3.8, 4) is 12.3 Å². The van der Waals surface area contributed by atoms with Gasteiger partial charge in [-0.25, -0.2) is 0 Å². The van der Waals surface area contributed by atoms with Gasteiger partial charge in [-0.05, 0) is 19.8 Å². The summed E-state index contributed by atoms with van der Waals surface area (Å²) in [4.78, 5) is 13.7. The minimum atomic E-state index is -0.194. The van der Waals surface area contributed by atoms with Gasteiger partial charge in [0.2, 0.25) is 5.91 Å². The van der Waals surface area contributed by atoms with Crippen LogP contribution >= 0.6 is 0 Å². The van der Waals surface area contributed by atoms with Crippen LogP contribution in [0.4, 0.5) is 0 Å². The molecule has 1 rings (SSSR count). The van der Waals surface area contributed by atoms with Crippen molar-refractivity contribution in [3.05, 3.63) is 0 Å². The number of terminal acetylenes is 1. The predicted molar refractivity (Wildman–Crippen MR) is 62.9 cm³/mol. The highest BCUT2D eigenvalue weighted by Crippen LogP contribution is 2.23. The first-order valence-electron chi connectivity index (χ1n) is 5.58. The number of ether oxygens (including phenoxy) is 1. The molecular formula is C12H20N2O2. The molecule has 4 heteroatoms. The molecule has 1 saturated heterocycles. The number of nitrogens with zero attached hydrogens (tertiary/aromatic N) is 1. The van der Waals surface area contributed by atoms with Gasteiger partial charge in [-0.3, -0.25) is 10.1 Å². The van der Waals surface area contributed by atoms with Gasteiger partial charge in [0.25, 0.3) is 0 Å². The Bertz CT molecular complexity index is 285. The molecule has 1 heterocycles. The Labute approximate surface area is 97.3 Å². The molecule has 1 amide bonds. The van der Waals surface area contributed by atoms with Crippen LogP contribution in [0.5, 0.6) is 0 Å². The lowest BCUT2D eigenvalue weighted by molar-refractivity contribution is -0.138. The fraction of sp³-hybridized carbons (Fsp3) is 0.750. The monoisotopic (exact) mass is 224 g/mol. The molecule has 0 saturated carbocycles. The maximum atomic E-state index is 11.8. The molecule has 4 nitrogen and oxygen atoms in total. The zero-order valence-electron chi connectivity index (χ0n) is 10.1. The highest BCUT2D eigenvalue weighted by atomic mass is 16.5. The van der Waals surface area contributed by atoms with Crippen LogP contribution in [-0.2, 0) is 9.53 Å².